The largest absolute Gasteiger partial charge is 0.478 e. The van der Waals surface area contributed by atoms with Crippen molar-refractivity contribution in [2.24, 2.45) is 0 Å². The zero-order chi connectivity index (χ0) is 14.0. The Hall–Kier alpha value is -1.82. The molecule has 2 heterocycles. The summed E-state index contributed by atoms with van der Waals surface area (Å²) in [5.41, 5.74) is 6.47. The number of hydrogen-bond donors (Lipinski definition) is 2. The average molecular weight is 264 g/mol. The number of rotatable bonds is 3. The van der Waals surface area contributed by atoms with E-state index in [0.717, 1.165) is 25.9 Å². The molecule has 0 radical (unpaired) electrons. The Balaban J connectivity index is 2.09. The summed E-state index contributed by atoms with van der Waals surface area (Å²) in [5, 5.41) is 8.89. The maximum Gasteiger partial charge on any atom is 0.337 e. The van der Waals surface area contributed by atoms with Gasteiger partial charge in [-0.3, -0.25) is 0 Å². The lowest BCUT2D eigenvalue weighted by atomic mass is 10.0. The highest BCUT2D eigenvalue weighted by Crippen LogP contribution is 2.25. The molecular formula is C13H20N4O2. The second-order valence-corrected chi connectivity index (χ2v) is 5.12. The number of pyridine rings is 1. The number of piperidine rings is 1. The zero-order valence-electron chi connectivity index (χ0n) is 11.3. The fourth-order valence-electron chi connectivity index (χ4n) is 2.45. The molecule has 0 amide bonds. The van der Waals surface area contributed by atoms with Crippen molar-refractivity contribution in [2.75, 3.05) is 37.8 Å². The average Bonchev–Trinajstić information content (AvgIpc) is 2.38. The second kappa shape index (κ2) is 5.44. The van der Waals surface area contributed by atoms with Crippen molar-refractivity contribution in [3.8, 4) is 0 Å². The van der Waals surface area contributed by atoms with Gasteiger partial charge in [0, 0.05) is 25.3 Å². The summed E-state index contributed by atoms with van der Waals surface area (Å²) in [6.07, 6.45) is 3.50. The van der Waals surface area contributed by atoms with Crippen molar-refractivity contribution >= 4 is 17.5 Å². The molecule has 2 rings (SSSR count). The van der Waals surface area contributed by atoms with E-state index in [1.165, 1.54) is 12.3 Å². The molecule has 0 saturated carbocycles. The Kier molecular flexibility index (Phi) is 3.90. The van der Waals surface area contributed by atoms with Crippen LogP contribution >= 0.6 is 0 Å². The van der Waals surface area contributed by atoms with Gasteiger partial charge in [0.05, 0.1) is 11.3 Å². The Morgan fingerprint density at radius 2 is 2.11 bits per heavy atom. The van der Waals surface area contributed by atoms with Crippen LogP contribution in [0, 0.1) is 0 Å². The number of carboxylic acid groups (broad SMARTS) is 1. The summed E-state index contributed by atoms with van der Waals surface area (Å²) in [4.78, 5) is 19.4. The molecule has 6 heteroatoms. The third kappa shape index (κ3) is 2.96. The first-order valence-corrected chi connectivity index (χ1v) is 6.39. The topological polar surface area (TPSA) is 82.7 Å². The Morgan fingerprint density at radius 3 is 2.58 bits per heavy atom. The molecule has 1 aromatic heterocycles. The molecule has 3 N–H and O–H groups in total. The van der Waals surface area contributed by atoms with Crippen LogP contribution in [0.25, 0.3) is 0 Å². The van der Waals surface area contributed by atoms with E-state index in [0.29, 0.717) is 17.5 Å². The van der Waals surface area contributed by atoms with Gasteiger partial charge in [-0.15, -0.1) is 0 Å². The van der Waals surface area contributed by atoms with Crippen molar-refractivity contribution < 1.29 is 9.90 Å². The lowest BCUT2D eigenvalue weighted by Crippen LogP contribution is -2.42. The molecular weight excluding hydrogens is 244 g/mol. The summed E-state index contributed by atoms with van der Waals surface area (Å²) < 4.78 is 0. The lowest BCUT2D eigenvalue weighted by molar-refractivity contribution is 0.0696. The minimum Gasteiger partial charge on any atom is -0.478 e. The zero-order valence-corrected chi connectivity index (χ0v) is 11.3. The SMILES string of the molecule is CN(C)C1CCN(c2ncc(C(=O)O)cc2N)CC1. The van der Waals surface area contributed by atoms with E-state index in [4.69, 9.17) is 10.8 Å². The van der Waals surface area contributed by atoms with Crippen molar-refractivity contribution in [3.05, 3.63) is 17.8 Å². The van der Waals surface area contributed by atoms with E-state index in [2.05, 4.69) is 28.9 Å². The van der Waals surface area contributed by atoms with Crippen LogP contribution in [0.3, 0.4) is 0 Å². The highest BCUT2D eigenvalue weighted by Gasteiger charge is 2.23. The van der Waals surface area contributed by atoms with E-state index < -0.39 is 5.97 Å². The molecule has 0 atom stereocenters. The quantitative estimate of drug-likeness (QED) is 0.843. The molecule has 0 unspecified atom stereocenters. The highest BCUT2D eigenvalue weighted by molar-refractivity contribution is 5.89. The molecule has 0 bridgehead atoms. The number of nitrogen functional groups attached to an aromatic ring is 1. The van der Waals surface area contributed by atoms with Gasteiger partial charge < -0.3 is 20.6 Å². The molecule has 1 aromatic rings. The third-order valence-electron chi connectivity index (χ3n) is 3.64. The summed E-state index contributed by atoms with van der Waals surface area (Å²) in [5.74, 6) is -0.306. The fraction of sp³-hybridized carbons (Fsp3) is 0.538. The minimum atomic E-state index is -1.00. The van der Waals surface area contributed by atoms with E-state index in [9.17, 15) is 4.79 Å². The fourth-order valence-corrected chi connectivity index (χ4v) is 2.45. The van der Waals surface area contributed by atoms with Crippen LogP contribution in [0.5, 0.6) is 0 Å². The van der Waals surface area contributed by atoms with Gasteiger partial charge >= 0.3 is 5.97 Å². The van der Waals surface area contributed by atoms with Crippen LogP contribution in [0.2, 0.25) is 0 Å². The van der Waals surface area contributed by atoms with Crippen LogP contribution in [-0.2, 0) is 0 Å². The highest BCUT2D eigenvalue weighted by atomic mass is 16.4. The number of aromatic nitrogens is 1. The van der Waals surface area contributed by atoms with E-state index in [1.54, 1.807) is 0 Å². The normalized spacial score (nSPS) is 16.9. The number of nitrogens with zero attached hydrogens (tertiary/aromatic N) is 3. The van der Waals surface area contributed by atoms with Gasteiger partial charge in [-0.1, -0.05) is 0 Å². The summed E-state index contributed by atoms with van der Waals surface area (Å²) in [6, 6.07) is 2.07. The standard InChI is InChI=1S/C13H20N4O2/c1-16(2)10-3-5-17(6-4-10)12-11(14)7-9(8-15-12)13(18)19/h7-8,10H,3-6,14H2,1-2H3,(H,18,19). The molecule has 19 heavy (non-hydrogen) atoms. The molecule has 0 spiro atoms. The van der Waals surface area contributed by atoms with Gasteiger partial charge in [0.2, 0.25) is 0 Å². The molecule has 6 nitrogen and oxygen atoms in total. The first-order chi connectivity index (χ1) is 8.99. The molecule has 1 aliphatic rings. The van der Waals surface area contributed by atoms with E-state index >= 15 is 0 Å². The Labute approximate surface area is 112 Å². The molecule has 1 aliphatic heterocycles. The predicted molar refractivity (Wildman–Crippen MR) is 74.5 cm³/mol. The van der Waals surface area contributed by atoms with Gasteiger partial charge in [0.15, 0.2) is 5.82 Å². The molecule has 0 aliphatic carbocycles. The van der Waals surface area contributed by atoms with Crippen LogP contribution in [-0.4, -0.2) is 54.2 Å². The van der Waals surface area contributed by atoms with Crippen molar-refractivity contribution in [3.63, 3.8) is 0 Å². The van der Waals surface area contributed by atoms with Gasteiger partial charge in [0.25, 0.3) is 0 Å². The monoisotopic (exact) mass is 264 g/mol. The predicted octanol–water partition coefficient (Wildman–Crippen LogP) is 0.892. The smallest absolute Gasteiger partial charge is 0.337 e. The first kappa shape index (κ1) is 13.6. The summed E-state index contributed by atoms with van der Waals surface area (Å²) in [7, 11) is 4.18. The van der Waals surface area contributed by atoms with Crippen LogP contribution in [0.1, 0.15) is 23.2 Å². The number of aromatic carboxylic acids is 1. The summed E-state index contributed by atoms with van der Waals surface area (Å²) in [6.45, 7) is 1.79. The number of nitrogens with two attached hydrogens (primary N) is 1. The van der Waals surface area contributed by atoms with Crippen LogP contribution < -0.4 is 10.6 Å². The maximum absolute atomic E-state index is 10.8. The van der Waals surface area contributed by atoms with Crippen LogP contribution in [0.4, 0.5) is 11.5 Å². The number of carbonyl (C=O) groups is 1. The van der Waals surface area contributed by atoms with Crippen molar-refractivity contribution in [1.82, 2.24) is 9.88 Å². The van der Waals surface area contributed by atoms with Gasteiger partial charge in [0.1, 0.15) is 0 Å². The molecule has 104 valence electrons. The van der Waals surface area contributed by atoms with Gasteiger partial charge in [-0.05, 0) is 33.0 Å². The Morgan fingerprint density at radius 1 is 1.47 bits per heavy atom. The number of anilines is 2. The third-order valence-corrected chi connectivity index (χ3v) is 3.64. The number of hydrogen-bond acceptors (Lipinski definition) is 5. The molecule has 0 aromatic carbocycles. The van der Waals surface area contributed by atoms with Crippen molar-refractivity contribution in [2.45, 2.75) is 18.9 Å². The second-order valence-electron chi connectivity index (χ2n) is 5.12. The Bertz CT molecular complexity index is 468. The maximum atomic E-state index is 10.8. The van der Waals surface area contributed by atoms with E-state index in [-0.39, 0.29) is 5.56 Å². The lowest BCUT2D eigenvalue weighted by Gasteiger charge is -2.36. The first-order valence-electron chi connectivity index (χ1n) is 6.39. The minimum absolute atomic E-state index is 0.129. The van der Waals surface area contributed by atoms with Crippen LogP contribution in [0.15, 0.2) is 12.3 Å². The summed E-state index contributed by atoms with van der Waals surface area (Å²) >= 11 is 0. The number of carboxylic acids is 1. The van der Waals surface area contributed by atoms with Gasteiger partial charge in [-0.2, -0.15) is 0 Å². The molecule has 1 fully saturated rings. The van der Waals surface area contributed by atoms with Gasteiger partial charge in [-0.25, -0.2) is 9.78 Å². The van der Waals surface area contributed by atoms with Crippen molar-refractivity contribution in [1.29, 1.82) is 0 Å². The van der Waals surface area contributed by atoms with E-state index in [1.807, 2.05) is 0 Å². The molecule has 1 saturated heterocycles.